The highest BCUT2D eigenvalue weighted by molar-refractivity contribution is 5.76. The van der Waals surface area contributed by atoms with E-state index < -0.39 is 49.5 Å². The fourth-order valence-electron chi connectivity index (χ4n) is 9.87. The van der Waals surface area contributed by atoms with Gasteiger partial charge in [0.15, 0.2) is 6.29 Å². The van der Waals surface area contributed by atoms with E-state index >= 15 is 0 Å². The van der Waals surface area contributed by atoms with Gasteiger partial charge < -0.3 is 40.3 Å². The Bertz CT molecular complexity index is 1080. The Morgan fingerprint density at radius 2 is 0.809 bits per heavy atom. The van der Waals surface area contributed by atoms with Crippen LogP contribution in [0.3, 0.4) is 0 Å². The van der Waals surface area contributed by atoms with Crippen molar-refractivity contribution in [1.29, 1.82) is 0 Å². The number of amides is 1. The summed E-state index contributed by atoms with van der Waals surface area (Å²) in [6.45, 7) is 3.76. The topological polar surface area (TPSA) is 149 Å². The van der Waals surface area contributed by atoms with Gasteiger partial charge in [-0.05, 0) is 19.3 Å². The number of carbonyl (C=O) groups excluding carboxylic acids is 1. The first kappa shape index (κ1) is 64.9. The second-order valence-electron chi connectivity index (χ2n) is 21.2. The number of ether oxygens (including phenoxy) is 2. The summed E-state index contributed by atoms with van der Waals surface area (Å²) in [5.74, 6) is -0.174. The summed E-state index contributed by atoms with van der Waals surface area (Å²) >= 11 is 0. The fraction of sp³-hybridized carbons (Fsp3) is 0.949. The summed E-state index contributed by atoms with van der Waals surface area (Å²) in [5.41, 5.74) is 0. The monoisotopic (exact) mass is 966 g/mol. The van der Waals surface area contributed by atoms with Gasteiger partial charge in [0, 0.05) is 6.42 Å². The Hall–Kier alpha value is -1.07. The molecule has 6 N–H and O–H groups in total. The van der Waals surface area contributed by atoms with Gasteiger partial charge in [0.05, 0.1) is 25.4 Å². The van der Waals surface area contributed by atoms with Crippen LogP contribution in [0.5, 0.6) is 0 Å². The molecule has 0 spiro atoms. The summed E-state index contributed by atoms with van der Waals surface area (Å²) in [4.78, 5) is 13.0. The third-order valence-electron chi connectivity index (χ3n) is 14.6. The molecular weight excluding hydrogens is 851 g/mol. The number of hydrogen-bond donors (Lipinski definition) is 6. The molecule has 1 saturated heterocycles. The average molecular weight is 967 g/mol. The minimum absolute atomic E-state index is 0.174. The molecule has 0 aromatic rings. The Morgan fingerprint density at radius 3 is 1.15 bits per heavy atom. The zero-order chi connectivity index (χ0) is 49.4. The molecule has 7 unspecified atom stereocenters. The Labute approximate surface area is 420 Å². The Balaban J connectivity index is 1.97. The highest BCUT2D eigenvalue weighted by Gasteiger charge is 2.44. The average Bonchev–Trinajstić information content (AvgIpc) is 3.34. The Morgan fingerprint density at radius 1 is 0.485 bits per heavy atom. The number of hydrogen-bond acceptors (Lipinski definition) is 8. The lowest BCUT2D eigenvalue weighted by Crippen LogP contribution is -2.60. The van der Waals surface area contributed by atoms with Crippen molar-refractivity contribution in [2.75, 3.05) is 13.2 Å². The zero-order valence-electron chi connectivity index (χ0n) is 44.9. The van der Waals surface area contributed by atoms with Crippen LogP contribution < -0.4 is 5.32 Å². The van der Waals surface area contributed by atoms with Crippen LogP contribution in [0.15, 0.2) is 12.2 Å². The van der Waals surface area contributed by atoms with Crippen LogP contribution in [0, 0.1) is 0 Å². The van der Waals surface area contributed by atoms with E-state index in [0.717, 1.165) is 38.5 Å². The van der Waals surface area contributed by atoms with E-state index in [1.807, 2.05) is 6.08 Å². The molecule has 9 heteroatoms. The van der Waals surface area contributed by atoms with Gasteiger partial charge >= 0.3 is 0 Å². The molecule has 0 aromatic heterocycles. The number of allylic oxidation sites excluding steroid dienone is 1. The largest absolute Gasteiger partial charge is 0.394 e. The van der Waals surface area contributed by atoms with E-state index in [2.05, 4.69) is 19.2 Å². The van der Waals surface area contributed by atoms with Crippen LogP contribution in [0.25, 0.3) is 0 Å². The number of aliphatic hydroxyl groups excluding tert-OH is 5. The number of rotatable bonds is 52. The molecule has 0 bridgehead atoms. The van der Waals surface area contributed by atoms with Crippen molar-refractivity contribution in [3.05, 3.63) is 12.2 Å². The van der Waals surface area contributed by atoms with Gasteiger partial charge in [-0.1, -0.05) is 289 Å². The normalized spacial score (nSPS) is 19.5. The maximum Gasteiger partial charge on any atom is 0.220 e. The molecule has 1 aliphatic heterocycles. The van der Waals surface area contributed by atoms with Crippen molar-refractivity contribution in [2.45, 2.75) is 346 Å². The minimum Gasteiger partial charge on any atom is -0.394 e. The molecule has 9 nitrogen and oxygen atoms in total. The van der Waals surface area contributed by atoms with Crippen LogP contribution in [0.1, 0.15) is 303 Å². The quantitative estimate of drug-likeness (QED) is 0.0261. The highest BCUT2D eigenvalue weighted by Crippen LogP contribution is 2.23. The summed E-state index contributed by atoms with van der Waals surface area (Å²) in [6, 6.07) is -0.798. The van der Waals surface area contributed by atoms with Crippen LogP contribution in [-0.4, -0.2) is 87.5 Å². The smallest absolute Gasteiger partial charge is 0.220 e. The van der Waals surface area contributed by atoms with E-state index in [0.29, 0.717) is 6.42 Å². The third kappa shape index (κ3) is 38.6. The van der Waals surface area contributed by atoms with Crippen molar-refractivity contribution in [2.24, 2.45) is 0 Å². The molecule has 0 saturated carbocycles. The van der Waals surface area contributed by atoms with Crippen LogP contribution >= 0.6 is 0 Å². The van der Waals surface area contributed by atoms with E-state index in [9.17, 15) is 30.3 Å². The van der Waals surface area contributed by atoms with Crippen molar-refractivity contribution >= 4 is 5.91 Å². The predicted octanol–water partition coefficient (Wildman–Crippen LogP) is 14.8. The molecule has 0 aromatic carbocycles. The van der Waals surface area contributed by atoms with Gasteiger partial charge in [0.2, 0.25) is 5.91 Å². The fourth-order valence-corrected chi connectivity index (χ4v) is 9.87. The lowest BCUT2D eigenvalue weighted by molar-refractivity contribution is -0.302. The second kappa shape index (κ2) is 49.5. The molecule has 68 heavy (non-hydrogen) atoms. The van der Waals surface area contributed by atoms with E-state index in [-0.39, 0.29) is 12.5 Å². The molecule has 404 valence electrons. The minimum atomic E-state index is -1.56. The summed E-state index contributed by atoms with van der Waals surface area (Å²) in [7, 11) is 0. The second-order valence-corrected chi connectivity index (χ2v) is 21.2. The molecule has 0 radical (unpaired) electrons. The first-order valence-electron chi connectivity index (χ1n) is 29.9. The highest BCUT2D eigenvalue weighted by atomic mass is 16.7. The van der Waals surface area contributed by atoms with E-state index in [1.54, 1.807) is 6.08 Å². The number of nitrogens with one attached hydrogen (secondary N) is 1. The molecule has 7 atom stereocenters. The first-order chi connectivity index (χ1) is 33.3. The van der Waals surface area contributed by atoms with Crippen LogP contribution in [-0.2, 0) is 14.3 Å². The Kier molecular flexibility index (Phi) is 47.3. The third-order valence-corrected chi connectivity index (χ3v) is 14.6. The van der Waals surface area contributed by atoms with Gasteiger partial charge in [0.25, 0.3) is 0 Å². The molecular formula is C59H115NO8. The van der Waals surface area contributed by atoms with Crippen molar-refractivity contribution in [1.82, 2.24) is 5.32 Å². The molecule has 0 aliphatic carbocycles. The van der Waals surface area contributed by atoms with Gasteiger partial charge in [-0.3, -0.25) is 4.79 Å². The SMILES string of the molecule is CCCCCCCC/C=C/C(O)C(COC1OC(CO)C(O)C(O)C1O)NC(=O)CCCCCCCCCCCCCCCCCCCCCCCCCCCCCCCCCCCCCCC. The summed E-state index contributed by atoms with van der Waals surface area (Å²) < 4.78 is 11.2. The van der Waals surface area contributed by atoms with Crippen molar-refractivity contribution in [3.63, 3.8) is 0 Å². The molecule has 1 fully saturated rings. The number of carbonyl (C=O) groups is 1. The van der Waals surface area contributed by atoms with Crippen molar-refractivity contribution < 1.29 is 39.8 Å². The van der Waals surface area contributed by atoms with Gasteiger partial charge in [0.1, 0.15) is 24.4 Å². The van der Waals surface area contributed by atoms with Crippen molar-refractivity contribution in [3.8, 4) is 0 Å². The van der Waals surface area contributed by atoms with Crippen LogP contribution in [0.2, 0.25) is 0 Å². The van der Waals surface area contributed by atoms with Gasteiger partial charge in [-0.15, -0.1) is 0 Å². The standard InChI is InChI=1S/C59H115NO8/c1-3-5-7-9-11-13-14-15-16-17-18-19-20-21-22-23-24-25-26-27-28-29-30-31-32-33-34-35-36-37-38-39-40-41-43-45-47-49-55(63)60-52(53(62)48-46-44-42-12-10-8-6-4-2)51-67-59-58(66)57(65)56(64)54(50-61)68-59/h46,48,52-54,56-59,61-62,64-66H,3-45,47,49-51H2,1-2H3,(H,60,63)/b48-46+. The van der Waals surface area contributed by atoms with E-state index in [1.165, 1.54) is 244 Å². The zero-order valence-corrected chi connectivity index (χ0v) is 44.9. The van der Waals surface area contributed by atoms with Gasteiger partial charge in [-0.25, -0.2) is 0 Å². The van der Waals surface area contributed by atoms with Gasteiger partial charge in [-0.2, -0.15) is 0 Å². The molecule has 1 heterocycles. The molecule has 1 rings (SSSR count). The maximum absolute atomic E-state index is 13.0. The van der Waals surface area contributed by atoms with E-state index in [4.69, 9.17) is 9.47 Å². The summed E-state index contributed by atoms with van der Waals surface area (Å²) in [5, 5.41) is 54.1. The van der Waals surface area contributed by atoms with Crippen LogP contribution in [0.4, 0.5) is 0 Å². The maximum atomic E-state index is 13.0. The lowest BCUT2D eigenvalue weighted by Gasteiger charge is -2.40. The number of aliphatic hydroxyl groups is 5. The lowest BCUT2D eigenvalue weighted by atomic mass is 9.99. The molecule has 1 amide bonds. The summed E-state index contributed by atoms with van der Waals surface area (Å²) in [6.07, 6.45) is 54.9. The predicted molar refractivity (Wildman–Crippen MR) is 286 cm³/mol. The first-order valence-corrected chi connectivity index (χ1v) is 29.9. The number of unbranched alkanes of at least 4 members (excludes halogenated alkanes) is 42. The molecule has 1 aliphatic rings.